The number of rotatable bonds is 9. The molecule has 7 nitrogen and oxygen atoms in total. The first-order chi connectivity index (χ1) is 22.0. The highest BCUT2D eigenvalue weighted by atomic mass is 19.4. The number of aromatic nitrogens is 2. The Hall–Kier alpha value is -5.50. The molecule has 0 saturated heterocycles. The SMILES string of the molecule is CCOc1ccc(-n2c(C(C)N(Cc3cccc(C#N)c3)C(=O)Cc3ccc(C(F)(F)F)c(F)c3)nc3ccccc3c2=O)cc1. The second-order valence-electron chi connectivity index (χ2n) is 10.6. The van der Waals surface area contributed by atoms with Crippen LogP contribution in [0.3, 0.4) is 0 Å². The van der Waals surface area contributed by atoms with Crippen molar-refractivity contribution in [3.05, 3.63) is 135 Å². The van der Waals surface area contributed by atoms with Gasteiger partial charge in [-0.05, 0) is 85.6 Å². The molecule has 4 aromatic carbocycles. The molecule has 0 fully saturated rings. The molecule has 1 unspecified atom stereocenters. The number of ether oxygens (including phenoxy) is 1. The molecule has 1 amide bonds. The molecule has 0 aliphatic rings. The molecule has 0 spiro atoms. The molecule has 1 aromatic heterocycles. The molecule has 0 radical (unpaired) electrons. The molecule has 0 N–H and O–H groups in total. The fourth-order valence-electron chi connectivity index (χ4n) is 5.23. The minimum Gasteiger partial charge on any atom is -0.494 e. The van der Waals surface area contributed by atoms with Crippen molar-refractivity contribution in [1.82, 2.24) is 14.5 Å². The van der Waals surface area contributed by atoms with E-state index < -0.39 is 35.9 Å². The molecule has 46 heavy (non-hydrogen) atoms. The standard InChI is InChI=1S/C35H28F4N4O3/c1-3-46-27-14-12-26(13-15-27)43-33(41-31-10-5-4-9-28(31)34(43)45)22(2)42(21-25-8-6-7-24(17-25)20-40)32(44)19-23-11-16-29(30(36)18-23)35(37,38)39/h4-18,22H,3,19,21H2,1-2H3. The van der Waals surface area contributed by atoms with Crippen LogP contribution in [0.4, 0.5) is 17.6 Å². The average molecular weight is 629 g/mol. The van der Waals surface area contributed by atoms with Crippen LogP contribution in [0.25, 0.3) is 16.6 Å². The van der Waals surface area contributed by atoms with Gasteiger partial charge in [0.1, 0.15) is 17.4 Å². The Morgan fingerprint density at radius 2 is 1.74 bits per heavy atom. The van der Waals surface area contributed by atoms with Gasteiger partial charge in [-0.2, -0.15) is 18.4 Å². The van der Waals surface area contributed by atoms with E-state index in [0.717, 1.165) is 6.07 Å². The van der Waals surface area contributed by atoms with Gasteiger partial charge < -0.3 is 9.64 Å². The van der Waals surface area contributed by atoms with Gasteiger partial charge in [0.25, 0.3) is 5.56 Å². The van der Waals surface area contributed by atoms with Crippen LogP contribution in [0.2, 0.25) is 0 Å². The maximum atomic E-state index is 14.4. The summed E-state index contributed by atoms with van der Waals surface area (Å²) in [4.78, 5) is 34.2. The van der Waals surface area contributed by atoms with Crippen LogP contribution in [0.15, 0.2) is 95.8 Å². The summed E-state index contributed by atoms with van der Waals surface area (Å²) in [5, 5.41) is 9.79. The largest absolute Gasteiger partial charge is 0.494 e. The number of nitriles is 1. The third-order valence-corrected chi connectivity index (χ3v) is 7.47. The fourth-order valence-corrected chi connectivity index (χ4v) is 5.23. The molecule has 1 heterocycles. The molecule has 234 valence electrons. The molecule has 0 bridgehead atoms. The van der Waals surface area contributed by atoms with Gasteiger partial charge in [-0.1, -0.05) is 30.3 Å². The molecule has 0 saturated carbocycles. The minimum atomic E-state index is -4.88. The highest BCUT2D eigenvalue weighted by Gasteiger charge is 2.34. The summed E-state index contributed by atoms with van der Waals surface area (Å²) in [5.41, 5.74) is 0.0553. The van der Waals surface area contributed by atoms with E-state index in [1.165, 1.54) is 9.47 Å². The van der Waals surface area contributed by atoms with Crippen LogP contribution in [0.1, 0.15) is 48.0 Å². The van der Waals surface area contributed by atoms with Crippen molar-refractivity contribution in [3.8, 4) is 17.5 Å². The Labute approximate surface area is 261 Å². The van der Waals surface area contributed by atoms with Crippen LogP contribution in [0.5, 0.6) is 5.75 Å². The summed E-state index contributed by atoms with van der Waals surface area (Å²) in [6, 6.07) is 23.8. The third kappa shape index (κ3) is 6.76. The topological polar surface area (TPSA) is 88.2 Å². The van der Waals surface area contributed by atoms with E-state index in [0.29, 0.717) is 52.2 Å². The first-order valence-corrected chi connectivity index (χ1v) is 14.4. The lowest BCUT2D eigenvalue weighted by Gasteiger charge is -2.31. The van der Waals surface area contributed by atoms with Crippen LogP contribution in [-0.2, 0) is 23.9 Å². The number of para-hydroxylation sites is 1. The number of nitrogens with zero attached hydrogens (tertiary/aromatic N) is 4. The van der Waals surface area contributed by atoms with E-state index in [1.807, 2.05) is 6.92 Å². The lowest BCUT2D eigenvalue weighted by atomic mass is 10.0. The van der Waals surface area contributed by atoms with E-state index >= 15 is 0 Å². The molecule has 0 aliphatic carbocycles. The van der Waals surface area contributed by atoms with Crippen molar-refractivity contribution in [2.75, 3.05) is 6.61 Å². The van der Waals surface area contributed by atoms with Crippen molar-refractivity contribution in [2.24, 2.45) is 0 Å². The Morgan fingerprint density at radius 1 is 1.00 bits per heavy atom. The molecule has 1 atom stereocenters. The van der Waals surface area contributed by atoms with Gasteiger partial charge in [-0.25, -0.2) is 9.37 Å². The predicted octanol–water partition coefficient (Wildman–Crippen LogP) is 7.15. The van der Waals surface area contributed by atoms with E-state index in [4.69, 9.17) is 9.72 Å². The van der Waals surface area contributed by atoms with E-state index in [2.05, 4.69) is 6.07 Å². The van der Waals surface area contributed by atoms with E-state index in [1.54, 1.807) is 79.7 Å². The summed E-state index contributed by atoms with van der Waals surface area (Å²) in [6.07, 6.45) is -5.32. The normalized spacial score (nSPS) is 12.0. The molecular weight excluding hydrogens is 600 g/mol. The van der Waals surface area contributed by atoms with Gasteiger partial charge in [0.05, 0.1) is 52.9 Å². The van der Waals surface area contributed by atoms with Crippen molar-refractivity contribution in [3.63, 3.8) is 0 Å². The summed E-state index contributed by atoms with van der Waals surface area (Å²) >= 11 is 0. The maximum absolute atomic E-state index is 14.4. The first-order valence-electron chi connectivity index (χ1n) is 14.4. The Balaban J connectivity index is 1.62. The average Bonchev–Trinajstić information content (AvgIpc) is 3.03. The van der Waals surface area contributed by atoms with Gasteiger partial charge in [-0.3, -0.25) is 14.2 Å². The zero-order valence-electron chi connectivity index (χ0n) is 24.9. The second kappa shape index (κ2) is 13.2. The lowest BCUT2D eigenvalue weighted by Crippen LogP contribution is -2.38. The molecule has 5 aromatic rings. The van der Waals surface area contributed by atoms with Gasteiger partial charge in [0.2, 0.25) is 5.91 Å². The zero-order valence-corrected chi connectivity index (χ0v) is 24.9. The second-order valence-corrected chi connectivity index (χ2v) is 10.6. The summed E-state index contributed by atoms with van der Waals surface area (Å²) in [7, 11) is 0. The minimum absolute atomic E-state index is 0.0360. The van der Waals surface area contributed by atoms with Crippen molar-refractivity contribution >= 4 is 16.8 Å². The molecule has 11 heteroatoms. The quantitative estimate of drug-likeness (QED) is 0.162. The highest BCUT2D eigenvalue weighted by Crippen LogP contribution is 2.32. The van der Waals surface area contributed by atoms with Gasteiger partial charge in [0, 0.05) is 6.54 Å². The van der Waals surface area contributed by atoms with Crippen molar-refractivity contribution < 1.29 is 27.1 Å². The number of halogens is 4. The number of amides is 1. The fraction of sp³-hybridized carbons (Fsp3) is 0.200. The zero-order chi connectivity index (χ0) is 33.0. The smallest absolute Gasteiger partial charge is 0.419 e. The first kappa shape index (κ1) is 31.9. The number of hydrogen-bond acceptors (Lipinski definition) is 5. The van der Waals surface area contributed by atoms with Crippen molar-refractivity contribution in [1.29, 1.82) is 5.26 Å². The number of carbonyl (C=O) groups is 1. The monoisotopic (exact) mass is 628 g/mol. The predicted molar refractivity (Wildman–Crippen MR) is 164 cm³/mol. The number of hydrogen-bond donors (Lipinski definition) is 0. The summed E-state index contributed by atoms with van der Waals surface area (Å²) < 4.78 is 60.9. The number of carbonyl (C=O) groups excluding carboxylic acids is 1. The Kier molecular flexibility index (Phi) is 9.18. The Morgan fingerprint density at radius 3 is 2.41 bits per heavy atom. The van der Waals surface area contributed by atoms with Crippen LogP contribution in [0, 0.1) is 17.1 Å². The van der Waals surface area contributed by atoms with Crippen molar-refractivity contribution in [2.45, 2.75) is 39.0 Å². The van der Waals surface area contributed by atoms with E-state index in [9.17, 15) is 32.4 Å². The van der Waals surface area contributed by atoms with E-state index in [-0.39, 0.29) is 23.5 Å². The van der Waals surface area contributed by atoms with Crippen LogP contribution in [-0.4, -0.2) is 27.0 Å². The molecule has 0 aliphatic heterocycles. The summed E-state index contributed by atoms with van der Waals surface area (Å²) in [5.74, 6) is -1.23. The molecular formula is C35H28F4N4O3. The Bertz CT molecular complexity index is 2000. The van der Waals surface area contributed by atoms with Crippen LogP contribution < -0.4 is 10.3 Å². The third-order valence-electron chi connectivity index (χ3n) is 7.47. The van der Waals surface area contributed by atoms with Gasteiger partial charge >= 0.3 is 6.18 Å². The lowest BCUT2D eigenvalue weighted by molar-refractivity contribution is -0.140. The highest BCUT2D eigenvalue weighted by molar-refractivity contribution is 5.80. The number of fused-ring (bicyclic) bond motifs is 1. The van der Waals surface area contributed by atoms with Gasteiger partial charge in [0.15, 0.2) is 0 Å². The van der Waals surface area contributed by atoms with Crippen LogP contribution >= 0.6 is 0 Å². The number of benzene rings is 4. The molecule has 5 rings (SSSR count). The van der Waals surface area contributed by atoms with Gasteiger partial charge in [-0.15, -0.1) is 0 Å². The summed E-state index contributed by atoms with van der Waals surface area (Å²) in [6.45, 7) is 3.94. The maximum Gasteiger partial charge on any atom is 0.419 e. The number of alkyl halides is 3.